The molecule has 1 heterocycles. The van der Waals surface area contributed by atoms with Crippen molar-refractivity contribution in [2.45, 2.75) is 6.92 Å². The molecule has 2 aromatic carbocycles. The van der Waals surface area contributed by atoms with Crippen LogP contribution in [0.4, 0.5) is 11.4 Å². The summed E-state index contributed by atoms with van der Waals surface area (Å²) >= 11 is 2.09. The van der Waals surface area contributed by atoms with Gasteiger partial charge in [-0.15, -0.1) is 0 Å². The lowest BCUT2D eigenvalue weighted by Crippen LogP contribution is -2.36. The van der Waals surface area contributed by atoms with Crippen LogP contribution in [-0.2, 0) is 4.74 Å². The summed E-state index contributed by atoms with van der Waals surface area (Å²) in [7, 11) is 0. The second kappa shape index (κ2) is 8.53. The highest BCUT2D eigenvalue weighted by Crippen LogP contribution is 2.32. The lowest BCUT2D eigenvalue weighted by molar-refractivity contribution is 0.122. The minimum Gasteiger partial charge on any atom is -0.504 e. The molecular weight excluding hydrogens is 431 g/mol. The fourth-order valence-electron chi connectivity index (χ4n) is 2.65. The zero-order valence-electron chi connectivity index (χ0n) is 14.1. The maximum absolute atomic E-state index is 10.0. The molecule has 0 atom stereocenters. The smallest absolute Gasteiger partial charge is 0.171 e. The monoisotopic (exact) mass is 452 g/mol. The van der Waals surface area contributed by atoms with Crippen molar-refractivity contribution in [2.75, 3.05) is 37.8 Å². The molecule has 3 rings (SSSR count). The summed E-state index contributed by atoms with van der Waals surface area (Å²) in [6.45, 7) is 5.81. The van der Waals surface area contributed by atoms with Gasteiger partial charge in [0.05, 0.1) is 29.1 Å². The number of hydrogen-bond donors (Lipinski definition) is 1. The molecule has 1 N–H and O–H groups in total. The number of hydrogen-bond acceptors (Lipinski definition) is 5. The summed E-state index contributed by atoms with van der Waals surface area (Å²) in [5, 5.41) is 10.0. The third-order valence-electron chi connectivity index (χ3n) is 3.94. The molecule has 0 spiro atoms. The van der Waals surface area contributed by atoms with E-state index in [9.17, 15) is 5.11 Å². The van der Waals surface area contributed by atoms with Gasteiger partial charge in [-0.1, -0.05) is 0 Å². The molecule has 1 aliphatic heterocycles. The van der Waals surface area contributed by atoms with Gasteiger partial charge in [0, 0.05) is 25.0 Å². The number of anilines is 1. The Balaban J connectivity index is 1.73. The Kier molecular flexibility index (Phi) is 6.14. The SMILES string of the molecule is CCOc1cc(C=Nc2ccc(N3CCOCC3)cc2)cc(I)c1O. The minimum absolute atomic E-state index is 0.175. The van der Waals surface area contributed by atoms with E-state index in [2.05, 4.69) is 44.6 Å². The molecule has 0 aliphatic carbocycles. The van der Waals surface area contributed by atoms with Crippen molar-refractivity contribution in [3.05, 3.63) is 45.5 Å². The Morgan fingerprint density at radius 3 is 2.64 bits per heavy atom. The van der Waals surface area contributed by atoms with Gasteiger partial charge in [0.15, 0.2) is 11.5 Å². The molecule has 0 bridgehead atoms. The van der Waals surface area contributed by atoms with Crippen molar-refractivity contribution in [2.24, 2.45) is 4.99 Å². The predicted octanol–water partition coefficient (Wildman–Crippen LogP) is 3.98. The summed E-state index contributed by atoms with van der Waals surface area (Å²) in [5.74, 6) is 0.660. The Bertz CT molecular complexity index is 741. The van der Waals surface area contributed by atoms with Crippen molar-refractivity contribution < 1.29 is 14.6 Å². The van der Waals surface area contributed by atoms with E-state index in [1.54, 1.807) is 12.3 Å². The molecule has 6 heteroatoms. The average Bonchev–Trinajstić information content (AvgIpc) is 2.65. The summed E-state index contributed by atoms with van der Waals surface area (Å²) in [6, 6.07) is 11.9. The summed E-state index contributed by atoms with van der Waals surface area (Å²) < 4.78 is 11.6. The molecule has 2 aromatic rings. The maximum atomic E-state index is 10.0. The number of halogens is 1. The van der Waals surface area contributed by atoms with Crippen LogP contribution in [-0.4, -0.2) is 44.2 Å². The van der Waals surface area contributed by atoms with Crippen LogP contribution in [0.3, 0.4) is 0 Å². The molecule has 0 unspecified atom stereocenters. The van der Waals surface area contributed by atoms with Gasteiger partial charge in [-0.2, -0.15) is 0 Å². The fourth-order valence-corrected chi connectivity index (χ4v) is 3.28. The Morgan fingerprint density at radius 2 is 1.96 bits per heavy atom. The number of aliphatic imine (C=N–C) groups is 1. The minimum atomic E-state index is 0.175. The van der Waals surface area contributed by atoms with Crippen LogP contribution >= 0.6 is 22.6 Å². The van der Waals surface area contributed by atoms with Gasteiger partial charge in [0.2, 0.25) is 0 Å². The first kappa shape index (κ1) is 18.0. The first-order valence-electron chi connectivity index (χ1n) is 8.29. The number of ether oxygens (including phenoxy) is 2. The van der Waals surface area contributed by atoms with Gasteiger partial charge in [0.25, 0.3) is 0 Å². The van der Waals surface area contributed by atoms with Crippen molar-refractivity contribution in [3.8, 4) is 11.5 Å². The molecule has 1 saturated heterocycles. The maximum Gasteiger partial charge on any atom is 0.171 e. The third-order valence-corrected chi connectivity index (χ3v) is 4.76. The normalized spacial score (nSPS) is 14.9. The molecule has 0 amide bonds. The van der Waals surface area contributed by atoms with E-state index >= 15 is 0 Å². The molecule has 0 saturated carbocycles. The zero-order chi connectivity index (χ0) is 17.6. The van der Waals surface area contributed by atoms with Gasteiger partial charge in [-0.3, -0.25) is 4.99 Å². The highest BCUT2D eigenvalue weighted by Gasteiger charge is 2.11. The van der Waals surface area contributed by atoms with E-state index in [4.69, 9.17) is 9.47 Å². The van der Waals surface area contributed by atoms with E-state index < -0.39 is 0 Å². The van der Waals surface area contributed by atoms with Gasteiger partial charge in [-0.05, 0) is 71.5 Å². The van der Waals surface area contributed by atoms with Gasteiger partial charge >= 0.3 is 0 Å². The second-order valence-electron chi connectivity index (χ2n) is 5.66. The van der Waals surface area contributed by atoms with Crippen molar-refractivity contribution in [1.82, 2.24) is 0 Å². The molecule has 5 nitrogen and oxygen atoms in total. The van der Waals surface area contributed by atoms with Crippen molar-refractivity contribution in [1.29, 1.82) is 0 Å². The zero-order valence-corrected chi connectivity index (χ0v) is 16.3. The third kappa shape index (κ3) is 4.64. The van der Waals surface area contributed by atoms with Crippen LogP contribution < -0.4 is 9.64 Å². The molecule has 25 heavy (non-hydrogen) atoms. The number of aromatic hydroxyl groups is 1. The number of benzene rings is 2. The number of phenols is 1. The van der Waals surface area contributed by atoms with Crippen LogP contribution in [0.15, 0.2) is 41.4 Å². The van der Waals surface area contributed by atoms with E-state index in [1.807, 2.05) is 25.1 Å². The topological polar surface area (TPSA) is 54.3 Å². The first-order valence-corrected chi connectivity index (χ1v) is 9.37. The second-order valence-corrected chi connectivity index (χ2v) is 6.82. The van der Waals surface area contributed by atoms with Crippen LogP contribution in [0.1, 0.15) is 12.5 Å². The largest absolute Gasteiger partial charge is 0.504 e. The van der Waals surface area contributed by atoms with Crippen LogP contribution in [0, 0.1) is 3.57 Å². The van der Waals surface area contributed by atoms with Crippen LogP contribution in [0.2, 0.25) is 0 Å². The molecule has 0 aromatic heterocycles. The number of rotatable bonds is 5. The molecule has 1 fully saturated rings. The average molecular weight is 452 g/mol. The van der Waals surface area contributed by atoms with Crippen LogP contribution in [0.25, 0.3) is 0 Å². The van der Waals surface area contributed by atoms with Crippen molar-refractivity contribution in [3.63, 3.8) is 0 Å². The van der Waals surface area contributed by atoms with E-state index in [1.165, 1.54) is 5.69 Å². The van der Waals surface area contributed by atoms with E-state index in [0.717, 1.165) is 41.1 Å². The van der Waals surface area contributed by atoms with Gasteiger partial charge in [-0.25, -0.2) is 0 Å². The van der Waals surface area contributed by atoms with Gasteiger partial charge < -0.3 is 19.5 Å². The lowest BCUT2D eigenvalue weighted by atomic mass is 10.2. The lowest BCUT2D eigenvalue weighted by Gasteiger charge is -2.28. The van der Waals surface area contributed by atoms with Gasteiger partial charge in [0.1, 0.15) is 0 Å². The van der Waals surface area contributed by atoms with E-state index in [-0.39, 0.29) is 5.75 Å². The Labute approximate surface area is 161 Å². The molecule has 0 radical (unpaired) electrons. The van der Waals surface area contributed by atoms with Crippen LogP contribution in [0.5, 0.6) is 11.5 Å². The quantitative estimate of drug-likeness (QED) is 0.551. The molecule has 1 aliphatic rings. The van der Waals surface area contributed by atoms with E-state index in [0.29, 0.717) is 12.4 Å². The highest BCUT2D eigenvalue weighted by molar-refractivity contribution is 14.1. The highest BCUT2D eigenvalue weighted by atomic mass is 127. The number of phenolic OH excluding ortho intramolecular Hbond substituents is 1. The Hall–Kier alpha value is -1.80. The predicted molar refractivity (Wildman–Crippen MR) is 109 cm³/mol. The standard InChI is InChI=1S/C19H21IN2O3/c1-2-25-18-12-14(11-17(20)19(18)23)13-21-15-3-5-16(6-4-15)22-7-9-24-10-8-22/h3-6,11-13,23H,2,7-10H2,1H3. The summed E-state index contributed by atoms with van der Waals surface area (Å²) in [4.78, 5) is 6.84. The Morgan fingerprint density at radius 1 is 1.24 bits per heavy atom. The fraction of sp³-hybridized carbons (Fsp3) is 0.316. The van der Waals surface area contributed by atoms with Crippen molar-refractivity contribution >= 4 is 40.2 Å². The molecular formula is C19H21IN2O3. The number of morpholine rings is 1. The summed E-state index contributed by atoms with van der Waals surface area (Å²) in [6.07, 6.45) is 1.79. The number of nitrogens with zero attached hydrogens (tertiary/aromatic N) is 2. The molecule has 132 valence electrons. The summed E-state index contributed by atoms with van der Waals surface area (Å²) in [5.41, 5.74) is 2.97. The first-order chi connectivity index (χ1) is 12.2.